The number of aromatic nitrogens is 2. The van der Waals surface area contributed by atoms with E-state index in [2.05, 4.69) is 25.5 Å². The van der Waals surface area contributed by atoms with Gasteiger partial charge < -0.3 is 25.0 Å². The van der Waals surface area contributed by atoms with Gasteiger partial charge in [-0.3, -0.25) is 9.59 Å². The zero-order valence-corrected chi connectivity index (χ0v) is 20.3. The lowest BCUT2D eigenvalue weighted by Crippen LogP contribution is -2.37. The number of carbonyl (C=O) groups is 2. The van der Waals surface area contributed by atoms with Crippen molar-refractivity contribution in [1.29, 1.82) is 0 Å². The number of benzene rings is 2. The summed E-state index contributed by atoms with van der Waals surface area (Å²) < 4.78 is 11.1. The van der Waals surface area contributed by atoms with Crippen LogP contribution >= 0.6 is 11.8 Å². The molecule has 5 rings (SSSR count). The molecule has 2 aliphatic rings. The van der Waals surface area contributed by atoms with E-state index in [0.717, 1.165) is 54.2 Å². The molecule has 0 saturated carbocycles. The van der Waals surface area contributed by atoms with Crippen molar-refractivity contribution in [3.05, 3.63) is 48.2 Å². The molecule has 10 heteroatoms. The van der Waals surface area contributed by atoms with Crippen molar-refractivity contribution in [3.8, 4) is 11.6 Å². The molecule has 0 bridgehead atoms. The number of hydrogen-bond donors (Lipinski definition) is 2. The Bertz CT molecular complexity index is 1250. The Morgan fingerprint density at radius 2 is 2.17 bits per heavy atom. The monoisotopic (exact) mass is 493 g/mol. The van der Waals surface area contributed by atoms with Gasteiger partial charge in [-0.15, -0.1) is 11.8 Å². The van der Waals surface area contributed by atoms with Crippen molar-refractivity contribution in [3.63, 3.8) is 0 Å². The van der Waals surface area contributed by atoms with E-state index < -0.39 is 0 Å². The maximum atomic E-state index is 12.7. The average molecular weight is 494 g/mol. The first-order valence-corrected chi connectivity index (χ1v) is 12.6. The van der Waals surface area contributed by atoms with Crippen LogP contribution in [0.15, 0.2) is 47.5 Å². The van der Waals surface area contributed by atoms with Crippen LogP contribution in [-0.4, -0.2) is 71.8 Å². The van der Waals surface area contributed by atoms with Gasteiger partial charge in [0, 0.05) is 42.2 Å². The molecular weight excluding hydrogens is 466 g/mol. The summed E-state index contributed by atoms with van der Waals surface area (Å²) in [5.41, 5.74) is 2.80. The minimum atomic E-state index is -0.112. The number of amides is 2. The van der Waals surface area contributed by atoms with Crippen LogP contribution < -0.4 is 20.1 Å². The van der Waals surface area contributed by atoms with Gasteiger partial charge in [-0.2, -0.15) is 0 Å². The fourth-order valence-corrected chi connectivity index (χ4v) is 5.07. The van der Waals surface area contributed by atoms with Crippen molar-refractivity contribution in [2.75, 3.05) is 44.4 Å². The third-order valence-corrected chi connectivity index (χ3v) is 7.15. The average Bonchev–Trinajstić information content (AvgIpc) is 3.32. The molecule has 1 fully saturated rings. The van der Waals surface area contributed by atoms with Gasteiger partial charge in [0.15, 0.2) is 0 Å². The van der Waals surface area contributed by atoms with Gasteiger partial charge in [-0.25, -0.2) is 9.97 Å². The molecule has 1 unspecified atom stereocenters. The fourth-order valence-electron chi connectivity index (χ4n) is 4.28. The Kier molecular flexibility index (Phi) is 7.01. The molecule has 1 saturated heterocycles. The summed E-state index contributed by atoms with van der Waals surface area (Å²) in [7, 11) is 1.62. The van der Waals surface area contributed by atoms with Crippen molar-refractivity contribution >= 4 is 40.3 Å². The topological polar surface area (TPSA) is 106 Å². The molecule has 0 spiro atoms. The molecule has 3 aromatic rings. The maximum Gasteiger partial charge on any atom is 0.251 e. The number of nitrogens with zero attached hydrogens (tertiary/aromatic N) is 3. The lowest BCUT2D eigenvalue weighted by atomic mass is 10.1. The molecular formula is C25H27N5O4S. The van der Waals surface area contributed by atoms with Crippen LogP contribution in [0.25, 0.3) is 11.0 Å². The Morgan fingerprint density at radius 1 is 1.26 bits per heavy atom. The van der Waals surface area contributed by atoms with E-state index in [4.69, 9.17) is 9.47 Å². The largest absolute Gasteiger partial charge is 0.497 e. The molecule has 2 amide bonds. The first-order chi connectivity index (χ1) is 17.1. The molecule has 9 nitrogen and oxygen atoms in total. The number of rotatable bonds is 8. The number of methoxy groups -OCH3 is 1. The van der Waals surface area contributed by atoms with Gasteiger partial charge in [-0.1, -0.05) is 0 Å². The number of likely N-dealkylation sites (tertiary alicyclic amines) is 1. The Labute approximate surface area is 207 Å². The summed E-state index contributed by atoms with van der Waals surface area (Å²) in [5.74, 6) is 1.49. The highest BCUT2D eigenvalue weighted by molar-refractivity contribution is 8.00. The van der Waals surface area contributed by atoms with Crippen molar-refractivity contribution < 1.29 is 19.1 Å². The summed E-state index contributed by atoms with van der Waals surface area (Å²) in [4.78, 5) is 36.6. The third kappa shape index (κ3) is 5.66. The van der Waals surface area contributed by atoms with E-state index >= 15 is 0 Å². The quantitative estimate of drug-likeness (QED) is 0.462. The van der Waals surface area contributed by atoms with Crippen LogP contribution in [0.4, 0.5) is 5.69 Å². The summed E-state index contributed by atoms with van der Waals surface area (Å²) in [5, 5.41) is 5.96. The van der Waals surface area contributed by atoms with E-state index in [9.17, 15) is 9.59 Å². The second-order valence-electron chi connectivity index (χ2n) is 8.57. The summed E-state index contributed by atoms with van der Waals surface area (Å²) >= 11 is 1.49. The second-order valence-corrected chi connectivity index (χ2v) is 9.59. The van der Waals surface area contributed by atoms with Gasteiger partial charge in [0.25, 0.3) is 5.91 Å². The lowest BCUT2D eigenvalue weighted by Gasteiger charge is -2.18. The zero-order valence-electron chi connectivity index (χ0n) is 19.5. The van der Waals surface area contributed by atoms with Crippen LogP contribution in [0.1, 0.15) is 23.2 Å². The van der Waals surface area contributed by atoms with Crippen LogP contribution in [-0.2, 0) is 4.79 Å². The summed E-state index contributed by atoms with van der Waals surface area (Å²) in [6.07, 6.45) is 3.39. The maximum absolute atomic E-state index is 12.7. The highest BCUT2D eigenvalue weighted by atomic mass is 32.2. The molecule has 182 valence electrons. The number of ether oxygens (including phenoxy) is 2. The normalized spacial score (nSPS) is 17.6. The standard InChI is InChI=1S/C25H27N5O4S/c1-33-18-4-5-19-20(12-18)29-24(13-26-19)34-10-2-8-30-9-7-17(14-30)27-25(32)16-3-6-22-21(11-16)28-23(31)15-35-22/h3-6,11-13,17H,2,7-10,14-15H2,1H3,(H,27,32)(H,28,31). The number of hydrogen-bond acceptors (Lipinski definition) is 8. The van der Waals surface area contributed by atoms with Crippen LogP contribution in [0.3, 0.4) is 0 Å². The lowest BCUT2D eigenvalue weighted by molar-refractivity contribution is -0.113. The van der Waals surface area contributed by atoms with Gasteiger partial charge in [0.2, 0.25) is 11.8 Å². The van der Waals surface area contributed by atoms with E-state index in [-0.39, 0.29) is 17.9 Å². The molecule has 2 aromatic carbocycles. The molecule has 35 heavy (non-hydrogen) atoms. The van der Waals surface area contributed by atoms with Crippen molar-refractivity contribution in [2.45, 2.75) is 23.8 Å². The van der Waals surface area contributed by atoms with Gasteiger partial charge in [0.05, 0.1) is 42.4 Å². The predicted molar refractivity (Wildman–Crippen MR) is 134 cm³/mol. The molecule has 1 atom stereocenters. The molecule has 1 aromatic heterocycles. The molecule has 2 N–H and O–H groups in total. The van der Waals surface area contributed by atoms with E-state index in [1.165, 1.54) is 11.8 Å². The second kappa shape index (κ2) is 10.5. The Hall–Kier alpha value is -3.37. The van der Waals surface area contributed by atoms with Crippen molar-refractivity contribution in [1.82, 2.24) is 20.2 Å². The number of thioether (sulfide) groups is 1. The first kappa shape index (κ1) is 23.4. The third-order valence-electron chi connectivity index (χ3n) is 6.08. The van der Waals surface area contributed by atoms with E-state index in [0.29, 0.717) is 29.5 Å². The molecule has 2 aliphatic heterocycles. The SMILES string of the molecule is COc1ccc2ncc(OCCCN3CCC(NC(=O)c4ccc5c(c4)NC(=O)CS5)C3)nc2c1. The summed E-state index contributed by atoms with van der Waals surface area (Å²) in [6, 6.07) is 11.1. The summed E-state index contributed by atoms with van der Waals surface area (Å²) in [6.45, 7) is 3.15. The molecule has 0 aliphatic carbocycles. The predicted octanol–water partition coefficient (Wildman–Crippen LogP) is 2.96. The number of nitrogens with one attached hydrogen (secondary N) is 2. The van der Waals surface area contributed by atoms with Crippen LogP contribution in [0.2, 0.25) is 0 Å². The highest BCUT2D eigenvalue weighted by Crippen LogP contribution is 2.32. The minimum Gasteiger partial charge on any atom is -0.497 e. The van der Waals surface area contributed by atoms with E-state index in [1.807, 2.05) is 30.3 Å². The van der Waals surface area contributed by atoms with Crippen LogP contribution in [0, 0.1) is 0 Å². The van der Waals surface area contributed by atoms with Gasteiger partial charge >= 0.3 is 0 Å². The smallest absolute Gasteiger partial charge is 0.251 e. The van der Waals surface area contributed by atoms with Crippen LogP contribution in [0.5, 0.6) is 11.6 Å². The molecule has 3 heterocycles. The highest BCUT2D eigenvalue weighted by Gasteiger charge is 2.24. The number of fused-ring (bicyclic) bond motifs is 2. The van der Waals surface area contributed by atoms with Crippen molar-refractivity contribution in [2.24, 2.45) is 0 Å². The number of carbonyl (C=O) groups excluding carboxylic acids is 2. The van der Waals surface area contributed by atoms with Gasteiger partial charge in [-0.05, 0) is 43.2 Å². The zero-order chi connectivity index (χ0) is 24.2. The fraction of sp³-hybridized carbons (Fsp3) is 0.360. The van der Waals surface area contributed by atoms with E-state index in [1.54, 1.807) is 19.4 Å². The minimum absolute atomic E-state index is 0.0386. The molecule has 0 radical (unpaired) electrons. The Balaban J connectivity index is 1.06. The number of anilines is 1. The van der Waals surface area contributed by atoms with Gasteiger partial charge in [0.1, 0.15) is 5.75 Å². The first-order valence-electron chi connectivity index (χ1n) is 11.6. The Morgan fingerprint density at radius 3 is 3.06 bits per heavy atom.